The predicted molar refractivity (Wildman–Crippen MR) is 101 cm³/mol. The van der Waals surface area contributed by atoms with E-state index < -0.39 is 41.7 Å². The summed E-state index contributed by atoms with van der Waals surface area (Å²) in [6.45, 7) is 5.61. The van der Waals surface area contributed by atoms with Crippen LogP contribution in [-0.4, -0.2) is 48.3 Å². The number of carbonyl (C=O) groups excluding carboxylic acids is 3. The molecular formula is C17H21ClO7S2. The molecule has 1 saturated heterocycles. The molecule has 0 spiro atoms. The van der Waals surface area contributed by atoms with Crippen molar-refractivity contribution >= 4 is 52.6 Å². The summed E-state index contributed by atoms with van der Waals surface area (Å²) in [4.78, 5) is 34.3. The van der Waals surface area contributed by atoms with Crippen LogP contribution in [0.5, 0.6) is 0 Å². The number of thiophene rings is 1. The second-order valence-electron chi connectivity index (χ2n) is 6.05. The van der Waals surface area contributed by atoms with Crippen LogP contribution in [0.15, 0.2) is 15.7 Å². The first kappa shape index (κ1) is 22.0. The Kier molecular flexibility index (Phi) is 7.96. The minimum atomic E-state index is -0.727. The first-order valence-corrected chi connectivity index (χ1v) is 10.3. The van der Waals surface area contributed by atoms with Crippen molar-refractivity contribution in [1.29, 1.82) is 0 Å². The van der Waals surface area contributed by atoms with Crippen LogP contribution in [0.3, 0.4) is 0 Å². The van der Waals surface area contributed by atoms with Crippen molar-refractivity contribution in [2.75, 3.05) is 6.61 Å². The number of esters is 3. The average molecular weight is 437 g/mol. The van der Waals surface area contributed by atoms with Crippen LogP contribution in [0, 0.1) is 5.92 Å². The summed E-state index contributed by atoms with van der Waals surface area (Å²) >= 11 is 8.76. The van der Waals surface area contributed by atoms with E-state index >= 15 is 0 Å². The van der Waals surface area contributed by atoms with Crippen molar-refractivity contribution in [3.8, 4) is 0 Å². The molecule has 1 fully saturated rings. The number of thioether (sulfide) groups is 1. The van der Waals surface area contributed by atoms with Crippen LogP contribution < -0.4 is 0 Å². The third-order valence-electron chi connectivity index (χ3n) is 3.81. The number of hydrogen-bond acceptors (Lipinski definition) is 9. The Bertz CT molecular complexity index is 691. The fourth-order valence-corrected chi connectivity index (χ4v) is 5.30. The molecule has 27 heavy (non-hydrogen) atoms. The van der Waals surface area contributed by atoms with E-state index in [1.165, 1.54) is 43.9 Å². The molecule has 1 aliphatic rings. The highest BCUT2D eigenvalue weighted by Gasteiger charge is 2.48. The van der Waals surface area contributed by atoms with Crippen molar-refractivity contribution in [2.24, 2.45) is 5.92 Å². The Hall–Kier alpha value is -1.29. The topological polar surface area (TPSA) is 88.1 Å². The second-order valence-corrected chi connectivity index (χ2v) is 8.80. The fourth-order valence-electron chi connectivity index (χ4n) is 2.73. The van der Waals surface area contributed by atoms with Crippen LogP contribution >= 0.6 is 34.7 Å². The first-order valence-electron chi connectivity index (χ1n) is 8.21. The molecule has 3 unspecified atom stereocenters. The monoisotopic (exact) mass is 436 g/mol. The molecule has 0 aliphatic carbocycles. The van der Waals surface area contributed by atoms with Gasteiger partial charge in [0.05, 0.1) is 9.23 Å². The summed E-state index contributed by atoms with van der Waals surface area (Å²) in [7, 11) is 0. The molecule has 0 N–H and O–H groups in total. The third-order valence-corrected chi connectivity index (χ3v) is 6.42. The van der Waals surface area contributed by atoms with Gasteiger partial charge in [-0.2, -0.15) is 0 Å². The van der Waals surface area contributed by atoms with Crippen LogP contribution in [0.25, 0.3) is 0 Å². The van der Waals surface area contributed by atoms with Gasteiger partial charge in [0.15, 0.2) is 0 Å². The minimum absolute atomic E-state index is 0.0767. The van der Waals surface area contributed by atoms with Gasteiger partial charge in [-0.3, -0.25) is 14.4 Å². The van der Waals surface area contributed by atoms with Crippen molar-refractivity contribution in [1.82, 2.24) is 0 Å². The lowest BCUT2D eigenvalue weighted by molar-refractivity contribution is -0.212. The number of halogens is 1. The van der Waals surface area contributed by atoms with E-state index in [0.717, 1.165) is 4.21 Å². The number of carbonyl (C=O) groups is 3. The quantitative estimate of drug-likeness (QED) is 0.496. The molecule has 5 atom stereocenters. The van der Waals surface area contributed by atoms with Gasteiger partial charge in [-0.25, -0.2) is 0 Å². The highest BCUT2D eigenvalue weighted by molar-refractivity contribution is 8.01. The first-order chi connectivity index (χ1) is 12.7. The molecule has 1 aromatic rings. The Balaban J connectivity index is 2.26. The standard InChI is InChI=1S/C17H21ClO7S2/c1-8-15(23-10(3)20)13(6-22-9(2)19)25-17(16(8)24-11(4)21)27-14-5-12(18)7-26-14/h5,7-8,13,15-17H,6H2,1-4H3/t8?,13?,15-,16?,17-/m1/s1. The van der Waals surface area contributed by atoms with Crippen molar-refractivity contribution < 1.29 is 33.3 Å². The molecule has 2 heterocycles. The normalized spacial score (nSPS) is 27.7. The van der Waals surface area contributed by atoms with E-state index in [-0.39, 0.29) is 12.5 Å². The van der Waals surface area contributed by atoms with Gasteiger partial charge in [-0.05, 0) is 6.07 Å². The SMILES string of the molecule is CC(=O)OCC1O[C@H](Sc2cc(Cl)cs2)C(OC(C)=O)C(C)[C@H]1OC(C)=O. The summed E-state index contributed by atoms with van der Waals surface area (Å²) in [5, 5.41) is 2.39. The van der Waals surface area contributed by atoms with Crippen LogP contribution in [0.2, 0.25) is 5.02 Å². The van der Waals surface area contributed by atoms with Gasteiger partial charge in [0.1, 0.15) is 30.4 Å². The van der Waals surface area contributed by atoms with Gasteiger partial charge in [0.25, 0.3) is 0 Å². The molecule has 10 heteroatoms. The zero-order valence-electron chi connectivity index (χ0n) is 15.3. The number of ether oxygens (including phenoxy) is 4. The Morgan fingerprint density at radius 3 is 2.30 bits per heavy atom. The summed E-state index contributed by atoms with van der Waals surface area (Å²) in [5.41, 5.74) is -0.578. The summed E-state index contributed by atoms with van der Waals surface area (Å²) < 4.78 is 22.9. The van der Waals surface area contributed by atoms with E-state index in [9.17, 15) is 14.4 Å². The molecular weight excluding hydrogens is 416 g/mol. The molecule has 0 aromatic carbocycles. The van der Waals surface area contributed by atoms with E-state index in [4.69, 9.17) is 30.5 Å². The number of hydrogen-bond donors (Lipinski definition) is 0. The molecule has 0 radical (unpaired) electrons. The minimum Gasteiger partial charge on any atom is -0.463 e. The van der Waals surface area contributed by atoms with E-state index in [1.54, 1.807) is 18.4 Å². The Labute approximate surface area is 170 Å². The second kappa shape index (κ2) is 9.77. The van der Waals surface area contributed by atoms with E-state index in [2.05, 4.69) is 0 Å². The molecule has 150 valence electrons. The summed E-state index contributed by atoms with van der Waals surface area (Å²) in [6.07, 6.45) is -2.08. The van der Waals surface area contributed by atoms with Gasteiger partial charge < -0.3 is 18.9 Å². The van der Waals surface area contributed by atoms with Gasteiger partial charge in [-0.1, -0.05) is 30.3 Å². The van der Waals surface area contributed by atoms with Gasteiger partial charge >= 0.3 is 17.9 Å². The largest absolute Gasteiger partial charge is 0.463 e. The maximum Gasteiger partial charge on any atom is 0.303 e. The molecule has 2 rings (SSSR count). The number of rotatable bonds is 6. The zero-order valence-corrected chi connectivity index (χ0v) is 17.7. The lowest BCUT2D eigenvalue weighted by atomic mass is 9.91. The molecule has 7 nitrogen and oxygen atoms in total. The highest BCUT2D eigenvalue weighted by Crippen LogP contribution is 2.41. The van der Waals surface area contributed by atoms with E-state index in [1.807, 2.05) is 0 Å². The molecule has 1 aliphatic heterocycles. The van der Waals surface area contributed by atoms with Crippen molar-refractivity contribution in [2.45, 2.75) is 55.7 Å². The highest BCUT2D eigenvalue weighted by atomic mass is 35.5. The lowest BCUT2D eigenvalue weighted by Gasteiger charge is -2.43. The van der Waals surface area contributed by atoms with Gasteiger partial charge in [0, 0.05) is 32.1 Å². The maximum atomic E-state index is 11.6. The molecule has 0 saturated carbocycles. The van der Waals surface area contributed by atoms with Crippen LogP contribution in [-0.2, 0) is 33.3 Å². The Morgan fingerprint density at radius 1 is 1.15 bits per heavy atom. The smallest absolute Gasteiger partial charge is 0.303 e. The molecule has 0 amide bonds. The summed E-state index contributed by atoms with van der Waals surface area (Å²) in [5.74, 6) is -1.81. The maximum absolute atomic E-state index is 11.6. The van der Waals surface area contributed by atoms with Gasteiger partial charge in [0.2, 0.25) is 0 Å². The summed E-state index contributed by atoms with van der Waals surface area (Å²) in [6, 6.07) is 1.79. The lowest BCUT2D eigenvalue weighted by Crippen LogP contribution is -2.56. The van der Waals surface area contributed by atoms with E-state index in [0.29, 0.717) is 5.02 Å². The zero-order chi connectivity index (χ0) is 20.1. The average Bonchev–Trinajstić information content (AvgIpc) is 2.96. The Morgan fingerprint density at radius 2 is 1.78 bits per heavy atom. The van der Waals surface area contributed by atoms with Crippen LogP contribution in [0.1, 0.15) is 27.7 Å². The third kappa shape index (κ3) is 6.38. The molecule has 0 bridgehead atoms. The van der Waals surface area contributed by atoms with Crippen molar-refractivity contribution in [3.63, 3.8) is 0 Å². The van der Waals surface area contributed by atoms with Crippen LogP contribution in [0.4, 0.5) is 0 Å². The van der Waals surface area contributed by atoms with Gasteiger partial charge in [-0.15, -0.1) is 11.3 Å². The fraction of sp³-hybridized carbons (Fsp3) is 0.588. The molecule has 1 aromatic heterocycles. The van der Waals surface area contributed by atoms with Crippen molar-refractivity contribution in [3.05, 3.63) is 16.5 Å². The predicted octanol–water partition coefficient (Wildman–Crippen LogP) is 3.28.